The van der Waals surface area contributed by atoms with Gasteiger partial charge in [-0.15, -0.1) is 0 Å². The topological polar surface area (TPSA) is 118 Å². The summed E-state index contributed by atoms with van der Waals surface area (Å²) in [5.41, 5.74) is 2.61. The summed E-state index contributed by atoms with van der Waals surface area (Å²) in [5.74, 6) is -0.419. The van der Waals surface area contributed by atoms with Crippen molar-refractivity contribution in [2.45, 2.75) is 13.8 Å². The van der Waals surface area contributed by atoms with Gasteiger partial charge in [-0.25, -0.2) is 19.6 Å². The Morgan fingerprint density at radius 3 is 1.50 bits per heavy atom. The Morgan fingerprint density at radius 1 is 0.733 bits per heavy atom. The van der Waals surface area contributed by atoms with E-state index in [9.17, 15) is 19.8 Å². The summed E-state index contributed by atoms with van der Waals surface area (Å²) >= 11 is 0. The van der Waals surface area contributed by atoms with Gasteiger partial charge in [0.25, 0.3) is 0 Å². The van der Waals surface area contributed by atoms with Crippen LogP contribution in [0.25, 0.3) is 0 Å². The number of carboxylic acids is 2. The molecule has 3 aromatic rings. The zero-order chi connectivity index (χ0) is 21.2. The Kier molecular flexibility index (Phi) is 3.66. The lowest BCUT2D eigenvalue weighted by Crippen LogP contribution is -2.25. The first-order valence-electron chi connectivity index (χ1n) is 9.04. The van der Waals surface area contributed by atoms with Crippen LogP contribution in [0.5, 0.6) is 23.0 Å². The van der Waals surface area contributed by atoms with Crippen LogP contribution >= 0.6 is 0 Å². The zero-order valence-electron chi connectivity index (χ0n) is 15.9. The fraction of sp³-hybridized carbons (Fsp3) is 0.0909. The average molecular weight is 402 g/mol. The van der Waals surface area contributed by atoms with Gasteiger partial charge in [0.15, 0.2) is 23.0 Å². The van der Waals surface area contributed by atoms with Crippen molar-refractivity contribution in [3.8, 4) is 23.0 Å². The van der Waals surface area contributed by atoms with Crippen LogP contribution in [0, 0.1) is 13.8 Å². The molecule has 0 atom stereocenters. The van der Waals surface area contributed by atoms with E-state index in [4.69, 9.17) is 9.47 Å². The molecule has 0 amide bonds. The van der Waals surface area contributed by atoms with E-state index in [1.165, 1.54) is 24.3 Å². The second kappa shape index (κ2) is 6.15. The second-order valence-corrected chi connectivity index (χ2v) is 7.01. The van der Waals surface area contributed by atoms with Crippen LogP contribution in [0.3, 0.4) is 0 Å². The molecule has 2 aliphatic heterocycles. The van der Waals surface area contributed by atoms with Gasteiger partial charge in [-0.3, -0.25) is 0 Å². The molecule has 0 bridgehead atoms. The Morgan fingerprint density at radius 2 is 1.13 bits per heavy atom. The molecule has 2 N–H and O–H groups in total. The predicted molar refractivity (Wildman–Crippen MR) is 104 cm³/mol. The second-order valence-electron chi connectivity index (χ2n) is 7.01. The number of carbonyl (C=O) groups is 2. The Bertz CT molecular complexity index is 1320. The first-order chi connectivity index (χ1) is 14.3. The molecule has 0 spiro atoms. The minimum atomic E-state index is -1.05. The fourth-order valence-electron chi connectivity index (χ4n) is 3.53. The summed E-state index contributed by atoms with van der Waals surface area (Å²) in [4.78, 5) is 31.8. The number of benzene rings is 3. The van der Waals surface area contributed by atoms with Gasteiger partial charge in [0.05, 0.1) is 11.1 Å². The highest BCUT2D eigenvalue weighted by Crippen LogP contribution is 2.40. The van der Waals surface area contributed by atoms with Gasteiger partial charge < -0.3 is 19.7 Å². The molecule has 0 unspecified atom stereocenters. The Labute approximate surface area is 169 Å². The molecular weight excluding hydrogens is 388 g/mol. The van der Waals surface area contributed by atoms with Crippen LogP contribution in [-0.4, -0.2) is 22.2 Å². The van der Waals surface area contributed by atoms with Crippen molar-refractivity contribution in [2.75, 3.05) is 0 Å². The van der Waals surface area contributed by atoms with E-state index in [0.717, 1.165) is 0 Å². The summed E-state index contributed by atoms with van der Waals surface area (Å²) < 4.78 is 12.1. The van der Waals surface area contributed by atoms with Crippen molar-refractivity contribution < 1.29 is 29.3 Å². The van der Waals surface area contributed by atoms with E-state index < -0.39 is 11.9 Å². The SMILES string of the molecule is Cc1c2c(c(C)c3c1=Nc1ccc(C(=O)O)cc1O3)=Nc1ccc(C(=O)O)cc1O2. The maximum absolute atomic E-state index is 11.3. The minimum Gasteiger partial charge on any atom is -0.478 e. The third-order valence-electron chi connectivity index (χ3n) is 5.12. The summed E-state index contributed by atoms with van der Waals surface area (Å²) in [7, 11) is 0. The Hall–Kier alpha value is -4.20. The molecular formula is C22H14N2O6. The van der Waals surface area contributed by atoms with Gasteiger partial charge in [-0.1, -0.05) is 0 Å². The highest BCUT2D eigenvalue weighted by molar-refractivity contribution is 5.89. The molecule has 0 saturated carbocycles. The van der Waals surface area contributed by atoms with Crippen LogP contribution < -0.4 is 20.2 Å². The molecule has 0 aliphatic carbocycles. The summed E-state index contributed by atoms with van der Waals surface area (Å²) in [6, 6.07) is 9.00. The van der Waals surface area contributed by atoms with Gasteiger partial charge >= 0.3 is 11.9 Å². The number of hydrogen-bond acceptors (Lipinski definition) is 6. The average Bonchev–Trinajstić information content (AvgIpc) is 2.74. The van der Waals surface area contributed by atoms with Crippen molar-refractivity contribution in [1.29, 1.82) is 0 Å². The fourth-order valence-corrected chi connectivity index (χ4v) is 3.53. The number of carboxylic acid groups (broad SMARTS) is 2. The lowest BCUT2D eigenvalue weighted by atomic mass is 10.0. The molecule has 8 heteroatoms. The number of nitrogens with zero attached hydrogens (tertiary/aromatic N) is 2. The molecule has 0 aromatic heterocycles. The van der Waals surface area contributed by atoms with Gasteiger partial charge in [0, 0.05) is 11.1 Å². The van der Waals surface area contributed by atoms with Crippen LogP contribution in [0.1, 0.15) is 31.8 Å². The molecule has 148 valence electrons. The van der Waals surface area contributed by atoms with Crippen molar-refractivity contribution in [1.82, 2.24) is 0 Å². The zero-order valence-corrected chi connectivity index (χ0v) is 15.9. The number of ether oxygens (including phenoxy) is 2. The van der Waals surface area contributed by atoms with Crippen LogP contribution in [0.2, 0.25) is 0 Å². The van der Waals surface area contributed by atoms with E-state index in [-0.39, 0.29) is 11.1 Å². The van der Waals surface area contributed by atoms with Crippen molar-refractivity contribution in [2.24, 2.45) is 9.98 Å². The number of fused-ring (bicyclic) bond motifs is 4. The lowest BCUT2D eigenvalue weighted by molar-refractivity contribution is 0.0686. The van der Waals surface area contributed by atoms with Gasteiger partial charge in [-0.05, 0) is 50.2 Å². The molecule has 2 heterocycles. The van der Waals surface area contributed by atoms with E-state index in [1.54, 1.807) is 12.1 Å². The smallest absolute Gasteiger partial charge is 0.335 e. The highest BCUT2D eigenvalue weighted by atomic mass is 16.5. The third-order valence-corrected chi connectivity index (χ3v) is 5.12. The largest absolute Gasteiger partial charge is 0.478 e. The molecule has 0 saturated heterocycles. The van der Waals surface area contributed by atoms with Gasteiger partial charge in [0.2, 0.25) is 0 Å². The van der Waals surface area contributed by atoms with Crippen molar-refractivity contribution in [3.63, 3.8) is 0 Å². The molecule has 0 radical (unpaired) electrons. The first kappa shape index (κ1) is 17.9. The highest BCUT2D eigenvalue weighted by Gasteiger charge is 2.25. The molecule has 5 rings (SSSR count). The molecule has 0 fully saturated rings. The van der Waals surface area contributed by atoms with Crippen LogP contribution in [0.4, 0.5) is 11.4 Å². The summed E-state index contributed by atoms with van der Waals surface area (Å²) in [6.45, 7) is 3.64. The maximum Gasteiger partial charge on any atom is 0.335 e. The third kappa shape index (κ3) is 2.54. The van der Waals surface area contributed by atoms with Gasteiger partial charge in [0.1, 0.15) is 22.1 Å². The van der Waals surface area contributed by atoms with E-state index in [0.29, 0.717) is 56.2 Å². The number of hydrogen-bond donors (Lipinski definition) is 2. The van der Waals surface area contributed by atoms with E-state index >= 15 is 0 Å². The quantitative estimate of drug-likeness (QED) is 0.464. The normalized spacial score (nSPS) is 12.6. The standard InChI is InChI=1S/C22H14N2O6/c1-9-17-20(30-16-8-12(22(27)28)3-5-13(16)23-17)10(2)18-19(9)29-15-7-11(21(25)26)4-6-14(15)24-18/h3-8H,1-2H3,(H,25,26)(H,27,28). The van der Waals surface area contributed by atoms with Crippen LogP contribution in [-0.2, 0) is 0 Å². The Balaban J connectivity index is 1.74. The molecule has 2 aliphatic rings. The number of rotatable bonds is 2. The van der Waals surface area contributed by atoms with Crippen molar-refractivity contribution in [3.05, 3.63) is 69.4 Å². The monoisotopic (exact) mass is 402 g/mol. The number of aromatic carboxylic acids is 2. The summed E-state index contributed by atoms with van der Waals surface area (Å²) in [6.07, 6.45) is 0. The van der Waals surface area contributed by atoms with E-state index in [2.05, 4.69) is 9.98 Å². The van der Waals surface area contributed by atoms with Crippen molar-refractivity contribution >= 4 is 23.3 Å². The predicted octanol–water partition coefficient (Wildman–Crippen LogP) is 3.81. The lowest BCUT2D eigenvalue weighted by Gasteiger charge is -2.22. The minimum absolute atomic E-state index is 0.107. The first-order valence-corrected chi connectivity index (χ1v) is 9.04. The van der Waals surface area contributed by atoms with E-state index in [1.807, 2.05) is 13.8 Å². The molecule has 3 aromatic carbocycles. The van der Waals surface area contributed by atoms with Gasteiger partial charge in [-0.2, -0.15) is 0 Å². The van der Waals surface area contributed by atoms with Crippen LogP contribution in [0.15, 0.2) is 46.4 Å². The molecule has 30 heavy (non-hydrogen) atoms. The maximum atomic E-state index is 11.3. The molecule has 8 nitrogen and oxygen atoms in total. The summed E-state index contributed by atoms with van der Waals surface area (Å²) in [5, 5.41) is 19.6.